The van der Waals surface area contributed by atoms with E-state index >= 15 is 0 Å². The van der Waals surface area contributed by atoms with Crippen molar-refractivity contribution in [2.45, 2.75) is 37.8 Å². The molecule has 1 saturated carbocycles. The third-order valence-electron chi connectivity index (χ3n) is 3.26. The summed E-state index contributed by atoms with van der Waals surface area (Å²) >= 11 is 1.76. The minimum absolute atomic E-state index is 0.678. The number of anilines is 1. The summed E-state index contributed by atoms with van der Waals surface area (Å²) in [5, 5.41) is 6.90. The van der Waals surface area contributed by atoms with Crippen molar-refractivity contribution in [3.63, 3.8) is 0 Å². The van der Waals surface area contributed by atoms with Gasteiger partial charge in [-0.2, -0.15) is 0 Å². The van der Waals surface area contributed by atoms with Gasteiger partial charge in [-0.1, -0.05) is 0 Å². The number of thiazole rings is 1. The SMILES string of the molecule is c1csc(N2CCCC2CNC2CC2)n1. The van der Waals surface area contributed by atoms with Crippen LogP contribution in [0.3, 0.4) is 0 Å². The van der Waals surface area contributed by atoms with E-state index in [0.29, 0.717) is 6.04 Å². The molecule has 0 spiro atoms. The Morgan fingerprint density at radius 1 is 1.47 bits per heavy atom. The maximum atomic E-state index is 4.41. The summed E-state index contributed by atoms with van der Waals surface area (Å²) in [6.07, 6.45) is 7.30. The van der Waals surface area contributed by atoms with Crippen molar-refractivity contribution in [3.8, 4) is 0 Å². The normalized spacial score (nSPS) is 26.1. The van der Waals surface area contributed by atoms with Crippen molar-refractivity contribution in [2.75, 3.05) is 18.0 Å². The highest BCUT2D eigenvalue weighted by atomic mass is 32.1. The molecule has 1 aliphatic heterocycles. The zero-order valence-corrected chi connectivity index (χ0v) is 9.67. The van der Waals surface area contributed by atoms with Crippen molar-refractivity contribution >= 4 is 16.5 Å². The van der Waals surface area contributed by atoms with Crippen LogP contribution in [0.25, 0.3) is 0 Å². The number of aromatic nitrogens is 1. The maximum absolute atomic E-state index is 4.41. The Hall–Kier alpha value is -0.610. The molecule has 1 atom stereocenters. The Balaban J connectivity index is 1.61. The lowest BCUT2D eigenvalue weighted by Gasteiger charge is -2.24. The predicted octanol–water partition coefficient (Wildman–Crippen LogP) is 1.86. The van der Waals surface area contributed by atoms with Crippen LogP contribution in [0.5, 0.6) is 0 Å². The highest BCUT2D eigenvalue weighted by Crippen LogP contribution is 2.27. The predicted molar refractivity (Wildman–Crippen MR) is 63.5 cm³/mol. The second-order valence-corrected chi connectivity index (χ2v) is 5.36. The molecule has 15 heavy (non-hydrogen) atoms. The lowest BCUT2D eigenvalue weighted by Crippen LogP contribution is -2.38. The minimum atomic E-state index is 0.678. The second kappa shape index (κ2) is 4.10. The summed E-state index contributed by atoms with van der Waals surface area (Å²) in [4.78, 5) is 6.88. The van der Waals surface area contributed by atoms with E-state index in [9.17, 15) is 0 Å². The van der Waals surface area contributed by atoms with Crippen LogP contribution < -0.4 is 10.2 Å². The molecule has 82 valence electrons. The van der Waals surface area contributed by atoms with E-state index in [1.165, 1.54) is 37.4 Å². The molecule has 0 amide bonds. The van der Waals surface area contributed by atoms with Gasteiger partial charge in [-0.15, -0.1) is 11.3 Å². The Morgan fingerprint density at radius 2 is 2.40 bits per heavy atom. The summed E-state index contributed by atoms with van der Waals surface area (Å²) in [5.74, 6) is 0. The zero-order valence-electron chi connectivity index (χ0n) is 8.85. The van der Waals surface area contributed by atoms with Crippen LogP contribution in [0.1, 0.15) is 25.7 Å². The minimum Gasteiger partial charge on any atom is -0.344 e. The molecular formula is C11H17N3S. The van der Waals surface area contributed by atoms with Gasteiger partial charge in [0.05, 0.1) is 0 Å². The van der Waals surface area contributed by atoms with Gasteiger partial charge in [0.1, 0.15) is 0 Å². The Bertz CT molecular complexity index is 308. The molecule has 1 saturated heterocycles. The third kappa shape index (κ3) is 2.16. The van der Waals surface area contributed by atoms with Crippen LogP contribution in [-0.4, -0.2) is 30.2 Å². The van der Waals surface area contributed by atoms with Crippen LogP contribution in [0, 0.1) is 0 Å². The molecule has 2 heterocycles. The van der Waals surface area contributed by atoms with Crippen molar-refractivity contribution in [2.24, 2.45) is 0 Å². The molecule has 3 nitrogen and oxygen atoms in total. The van der Waals surface area contributed by atoms with Gasteiger partial charge >= 0.3 is 0 Å². The molecule has 1 aromatic heterocycles. The molecule has 0 aromatic carbocycles. The van der Waals surface area contributed by atoms with Crippen LogP contribution in [0.15, 0.2) is 11.6 Å². The van der Waals surface area contributed by atoms with Crippen molar-refractivity contribution in [1.29, 1.82) is 0 Å². The van der Waals surface area contributed by atoms with Gasteiger partial charge in [-0.3, -0.25) is 0 Å². The monoisotopic (exact) mass is 223 g/mol. The Labute approximate surface area is 94.5 Å². The molecule has 4 heteroatoms. The molecule has 1 aliphatic carbocycles. The van der Waals surface area contributed by atoms with Crippen LogP contribution >= 0.6 is 11.3 Å². The van der Waals surface area contributed by atoms with Gasteiger partial charge in [0.25, 0.3) is 0 Å². The molecule has 2 fully saturated rings. The fourth-order valence-electron chi connectivity index (χ4n) is 2.25. The van der Waals surface area contributed by atoms with Crippen molar-refractivity contribution in [1.82, 2.24) is 10.3 Å². The van der Waals surface area contributed by atoms with E-state index in [1.54, 1.807) is 11.3 Å². The van der Waals surface area contributed by atoms with Gasteiger partial charge in [0, 0.05) is 36.8 Å². The molecule has 2 aliphatic rings. The highest BCUT2D eigenvalue weighted by molar-refractivity contribution is 7.13. The van der Waals surface area contributed by atoms with E-state index in [1.807, 2.05) is 6.20 Å². The molecule has 3 rings (SSSR count). The number of hydrogen-bond donors (Lipinski definition) is 1. The number of nitrogens with one attached hydrogen (secondary N) is 1. The standard InChI is InChI=1S/C11H17N3S/c1-2-10(8-13-9-3-4-9)14(6-1)11-12-5-7-15-11/h5,7,9-10,13H,1-4,6,8H2. The summed E-state index contributed by atoms with van der Waals surface area (Å²) in [6.45, 7) is 2.33. The fraction of sp³-hybridized carbons (Fsp3) is 0.727. The zero-order chi connectivity index (χ0) is 10.1. The first-order valence-corrected chi connectivity index (χ1v) is 6.71. The first-order chi connectivity index (χ1) is 7.43. The van der Waals surface area contributed by atoms with Crippen LogP contribution in [0.2, 0.25) is 0 Å². The smallest absolute Gasteiger partial charge is 0.185 e. The molecule has 1 N–H and O–H groups in total. The van der Waals surface area contributed by atoms with Gasteiger partial charge in [-0.25, -0.2) is 4.98 Å². The average Bonchev–Trinajstić information content (AvgIpc) is 2.79. The number of rotatable bonds is 4. The van der Waals surface area contributed by atoms with E-state index in [0.717, 1.165) is 12.6 Å². The van der Waals surface area contributed by atoms with Gasteiger partial charge in [0.2, 0.25) is 0 Å². The number of nitrogens with zero attached hydrogens (tertiary/aromatic N) is 2. The van der Waals surface area contributed by atoms with Crippen molar-refractivity contribution < 1.29 is 0 Å². The second-order valence-electron chi connectivity index (χ2n) is 4.49. The lowest BCUT2D eigenvalue weighted by atomic mass is 10.2. The van der Waals surface area contributed by atoms with E-state index in [4.69, 9.17) is 0 Å². The lowest BCUT2D eigenvalue weighted by molar-refractivity contribution is 0.570. The molecular weight excluding hydrogens is 206 g/mol. The Kier molecular flexibility index (Phi) is 2.63. The summed E-state index contributed by atoms with van der Waals surface area (Å²) in [5.41, 5.74) is 0. The van der Waals surface area contributed by atoms with Gasteiger partial charge in [0.15, 0.2) is 5.13 Å². The van der Waals surface area contributed by atoms with E-state index < -0.39 is 0 Å². The Morgan fingerprint density at radius 3 is 3.13 bits per heavy atom. The topological polar surface area (TPSA) is 28.2 Å². The van der Waals surface area contributed by atoms with Crippen LogP contribution in [0.4, 0.5) is 5.13 Å². The third-order valence-corrected chi connectivity index (χ3v) is 4.07. The molecule has 1 aromatic rings. The molecule has 1 unspecified atom stereocenters. The summed E-state index contributed by atoms with van der Waals surface area (Å²) in [6, 6.07) is 1.50. The van der Waals surface area contributed by atoms with Gasteiger partial charge < -0.3 is 10.2 Å². The first-order valence-electron chi connectivity index (χ1n) is 5.83. The highest BCUT2D eigenvalue weighted by Gasteiger charge is 2.28. The molecule has 0 bridgehead atoms. The maximum Gasteiger partial charge on any atom is 0.185 e. The van der Waals surface area contributed by atoms with Crippen LogP contribution in [-0.2, 0) is 0 Å². The van der Waals surface area contributed by atoms with Crippen molar-refractivity contribution in [3.05, 3.63) is 11.6 Å². The number of hydrogen-bond acceptors (Lipinski definition) is 4. The summed E-state index contributed by atoms with van der Waals surface area (Å²) < 4.78 is 0. The quantitative estimate of drug-likeness (QED) is 0.844. The molecule has 0 radical (unpaired) electrons. The average molecular weight is 223 g/mol. The largest absolute Gasteiger partial charge is 0.344 e. The summed E-state index contributed by atoms with van der Waals surface area (Å²) in [7, 11) is 0. The van der Waals surface area contributed by atoms with Gasteiger partial charge in [-0.05, 0) is 25.7 Å². The van der Waals surface area contributed by atoms with E-state index in [-0.39, 0.29) is 0 Å². The van der Waals surface area contributed by atoms with E-state index in [2.05, 4.69) is 20.6 Å². The fourth-order valence-corrected chi connectivity index (χ4v) is 2.99. The first kappa shape index (κ1) is 9.60.